The zero-order valence-corrected chi connectivity index (χ0v) is 13.0. The van der Waals surface area contributed by atoms with E-state index in [-0.39, 0.29) is 5.54 Å². The van der Waals surface area contributed by atoms with Crippen molar-refractivity contribution in [1.82, 2.24) is 9.97 Å². The molecule has 1 aromatic carbocycles. The van der Waals surface area contributed by atoms with Crippen LogP contribution in [-0.2, 0) is 5.54 Å². The number of aryl methyl sites for hydroxylation is 1. The summed E-state index contributed by atoms with van der Waals surface area (Å²) in [5, 5.41) is 0. The highest BCUT2D eigenvalue weighted by molar-refractivity contribution is 9.10. The predicted octanol–water partition coefficient (Wildman–Crippen LogP) is 4.00. The molecule has 0 atom stereocenters. The summed E-state index contributed by atoms with van der Waals surface area (Å²) in [5.41, 5.74) is 9.61. The van der Waals surface area contributed by atoms with E-state index in [4.69, 9.17) is 10.7 Å². The first kappa shape index (κ1) is 13.1. The van der Waals surface area contributed by atoms with Crippen LogP contribution in [0.5, 0.6) is 0 Å². The van der Waals surface area contributed by atoms with Crippen molar-refractivity contribution in [3.63, 3.8) is 0 Å². The molecule has 0 bridgehead atoms. The van der Waals surface area contributed by atoms with E-state index in [1.165, 1.54) is 18.4 Å². The standard InChI is InChI=1S/C15H20BrN3/c1-9-3-5-15(17,6-4-9)14-18-12-8-11(16)7-10(2)13(12)19-14/h7-9H,3-6,17H2,1-2H3,(H,18,19). The number of aromatic nitrogens is 2. The molecule has 1 aliphatic rings. The number of rotatable bonds is 1. The first-order valence-electron chi connectivity index (χ1n) is 6.93. The normalized spacial score (nSPS) is 27.9. The Hall–Kier alpha value is -0.870. The molecule has 0 unspecified atom stereocenters. The van der Waals surface area contributed by atoms with Crippen LogP contribution in [0.15, 0.2) is 16.6 Å². The van der Waals surface area contributed by atoms with Gasteiger partial charge in [-0.15, -0.1) is 0 Å². The number of hydrogen-bond donors (Lipinski definition) is 2. The zero-order chi connectivity index (χ0) is 13.6. The van der Waals surface area contributed by atoms with E-state index in [1.807, 2.05) is 0 Å². The summed E-state index contributed by atoms with van der Waals surface area (Å²) in [4.78, 5) is 8.21. The molecule has 0 amide bonds. The van der Waals surface area contributed by atoms with Crippen LogP contribution in [0, 0.1) is 12.8 Å². The minimum atomic E-state index is -0.273. The molecule has 0 aliphatic heterocycles. The molecule has 0 radical (unpaired) electrons. The average Bonchev–Trinajstić information content (AvgIpc) is 2.78. The van der Waals surface area contributed by atoms with Crippen LogP contribution in [0.25, 0.3) is 11.0 Å². The molecule has 1 fully saturated rings. The summed E-state index contributed by atoms with van der Waals surface area (Å²) >= 11 is 3.53. The van der Waals surface area contributed by atoms with Crippen LogP contribution in [0.2, 0.25) is 0 Å². The molecule has 1 saturated carbocycles. The lowest BCUT2D eigenvalue weighted by Crippen LogP contribution is -2.41. The minimum Gasteiger partial charge on any atom is -0.340 e. The maximum Gasteiger partial charge on any atom is 0.127 e. The number of imidazole rings is 1. The number of nitrogens with one attached hydrogen (secondary N) is 1. The van der Waals surface area contributed by atoms with Crippen molar-refractivity contribution >= 4 is 27.0 Å². The lowest BCUT2D eigenvalue weighted by molar-refractivity contribution is 0.238. The Labute approximate surface area is 122 Å². The lowest BCUT2D eigenvalue weighted by Gasteiger charge is -2.34. The highest BCUT2D eigenvalue weighted by Gasteiger charge is 2.34. The van der Waals surface area contributed by atoms with Crippen LogP contribution in [-0.4, -0.2) is 9.97 Å². The van der Waals surface area contributed by atoms with Gasteiger partial charge < -0.3 is 10.7 Å². The number of H-pyrrole nitrogens is 1. The van der Waals surface area contributed by atoms with E-state index >= 15 is 0 Å². The third kappa shape index (κ3) is 2.32. The van der Waals surface area contributed by atoms with E-state index < -0.39 is 0 Å². The quantitative estimate of drug-likeness (QED) is 0.834. The maximum absolute atomic E-state index is 6.59. The highest BCUT2D eigenvalue weighted by Crippen LogP contribution is 2.37. The predicted molar refractivity (Wildman–Crippen MR) is 82.0 cm³/mol. The molecular weight excluding hydrogens is 302 g/mol. The van der Waals surface area contributed by atoms with Gasteiger partial charge in [0.15, 0.2) is 0 Å². The molecule has 1 aromatic heterocycles. The van der Waals surface area contributed by atoms with Gasteiger partial charge in [0, 0.05) is 4.47 Å². The van der Waals surface area contributed by atoms with E-state index in [9.17, 15) is 0 Å². The van der Waals surface area contributed by atoms with Crippen molar-refractivity contribution in [2.24, 2.45) is 11.7 Å². The monoisotopic (exact) mass is 321 g/mol. The summed E-state index contributed by atoms with van der Waals surface area (Å²) in [6, 6.07) is 4.17. The Bertz CT molecular complexity index is 609. The average molecular weight is 322 g/mol. The molecule has 0 spiro atoms. The smallest absolute Gasteiger partial charge is 0.127 e. The van der Waals surface area contributed by atoms with Gasteiger partial charge in [0.25, 0.3) is 0 Å². The Morgan fingerprint density at radius 1 is 1.37 bits per heavy atom. The molecule has 2 aromatic rings. The number of fused-ring (bicyclic) bond motifs is 1. The van der Waals surface area contributed by atoms with Crippen molar-refractivity contribution in [3.8, 4) is 0 Å². The lowest BCUT2D eigenvalue weighted by atomic mass is 9.77. The first-order valence-corrected chi connectivity index (χ1v) is 7.72. The fourth-order valence-electron chi connectivity index (χ4n) is 3.00. The van der Waals surface area contributed by atoms with Crippen molar-refractivity contribution in [2.45, 2.75) is 45.1 Å². The number of aromatic amines is 1. The van der Waals surface area contributed by atoms with Crippen LogP contribution in [0.3, 0.4) is 0 Å². The van der Waals surface area contributed by atoms with Gasteiger partial charge in [-0.3, -0.25) is 0 Å². The summed E-state index contributed by atoms with van der Waals surface area (Å²) in [6.45, 7) is 4.39. The van der Waals surface area contributed by atoms with E-state index in [0.29, 0.717) is 0 Å². The summed E-state index contributed by atoms with van der Waals surface area (Å²) in [7, 11) is 0. The van der Waals surface area contributed by atoms with Crippen molar-refractivity contribution < 1.29 is 0 Å². The van der Waals surface area contributed by atoms with Gasteiger partial charge in [0.1, 0.15) is 5.82 Å². The van der Waals surface area contributed by atoms with Crippen molar-refractivity contribution in [1.29, 1.82) is 0 Å². The van der Waals surface area contributed by atoms with Gasteiger partial charge in [-0.25, -0.2) is 4.98 Å². The van der Waals surface area contributed by atoms with Crippen LogP contribution >= 0.6 is 15.9 Å². The van der Waals surface area contributed by atoms with Crippen molar-refractivity contribution in [3.05, 3.63) is 28.0 Å². The molecule has 3 rings (SSSR count). The second-order valence-electron chi connectivity index (χ2n) is 6.04. The Morgan fingerprint density at radius 2 is 2.05 bits per heavy atom. The van der Waals surface area contributed by atoms with E-state index in [2.05, 4.69) is 46.9 Å². The largest absolute Gasteiger partial charge is 0.340 e. The summed E-state index contributed by atoms with van der Waals surface area (Å²) in [6.07, 6.45) is 4.43. The Morgan fingerprint density at radius 3 is 2.74 bits per heavy atom. The maximum atomic E-state index is 6.59. The molecular formula is C15H20BrN3. The Kier molecular flexibility index (Phi) is 3.18. The third-order valence-electron chi connectivity index (χ3n) is 4.38. The van der Waals surface area contributed by atoms with Gasteiger partial charge in [0.2, 0.25) is 0 Å². The third-order valence-corrected chi connectivity index (χ3v) is 4.84. The minimum absolute atomic E-state index is 0.273. The molecule has 4 heteroatoms. The molecule has 19 heavy (non-hydrogen) atoms. The van der Waals surface area contributed by atoms with Gasteiger partial charge >= 0.3 is 0 Å². The fourth-order valence-corrected chi connectivity index (χ4v) is 3.57. The first-order chi connectivity index (χ1) is 8.98. The van der Waals surface area contributed by atoms with Gasteiger partial charge in [-0.1, -0.05) is 22.9 Å². The molecule has 102 valence electrons. The SMILES string of the molecule is Cc1cc(Br)cc2[nH]c(C3(N)CCC(C)CC3)nc12. The van der Waals surface area contributed by atoms with E-state index in [1.54, 1.807) is 0 Å². The number of hydrogen-bond acceptors (Lipinski definition) is 2. The molecule has 0 saturated heterocycles. The molecule has 3 nitrogen and oxygen atoms in total. The summed E-state index contributed by atoms with van der Waals surface area (Å²) in [5.74, 6) is 1.74. The van der Waals surface area contributed by atoms with Crippen LogP contribution in [0.1, 0.15) is 44.0 Å². The molecule has 1 heterocycles. The number of halogens is 1. The molecule has 3 N–H and O–H groups in total. The van der Waals surface area contributed by atoms with Crippen LogP contribution < -0.4 is 5.73 Å². The Balaban J connectivity index is 2.04. The highest BCUT2D eigenvalue weighted by atomic mass is 79.9. The second kappa shape index (κ2) is 4.60. The van der Waals surface area contributed by atoms with E-state index in [0.717, 1.165) is 40.1 Å². The van der Waals surface area contributed by atoms with Gasteiger partial charge in [-0.05, 0) is 56.2 Å². The number of benzene rings is 1. The fraction of sp³-hybridized carbons (Fsp3) is 0.533. The number of nitrogens with zero attached hydrogens (tertiary/aromatic N) is 1. The summed E-state index contributed by atoms with van der Waals surface area (Å²) < 4.78 is 1.08. The number of nitrogens with two attached hydrogens (primary N) is 1. The van der Waals surface area contributed by atoms with Gasteiger partial charge in [0.05, 0.1) is 16.6 Å². The topological polar surface area (TPSA) is 54.7 Å². The van der Waals surface area contributed by atoms with Crippen molar-refractivity contribution in [2.75, 3.05) is 0 Å². The zero-order valence-electron chi connectivity index (χ0n) is 11.5. The van der Waals surface area contributed by atoms with Gasteiger partial charge in [-0.2, -0.15) is 0 Å². The molecule has 1 aliphatic carbocycles. The second-order valence-corrected chi connectivity index (χ2v) is 6.96. The van der Waals surface area contributed by atoms with Crippen LogP contribution in [0.4, 0.5) is 0 Å².